The molecule has 0 aliphatic heterocycles. The zero-order valence-electron chi connectivity index (χ0n) is 7.42. The molecule has 0 aliphatic rings. The molecule has 2 aromatic rings. The molecule has 2 heterocycles. The van der Waals surface area contributed by atoms with E-state index in [1.807, 2.05) is 0 Å². The van der Waals surface area contributed by atoms with E-state index >= 15 is 0 Å². The van der Waals surface area contributed by atoms with Crippen molar-refractivity contribution >= 4 is 40.5 Å². The number of anilines is 1. The van der Waals surface area contributed by atoms with E-state index in [9.17, 15) is 0 Å². The highest BCUT2D eigenvalue weighted by molar-refractivity contribution is 7.98. The van der Waals surface area contributed by atoms with Crippen molar-refractivity contribution in [2.24, 2.45) is 0 Å². The van der Waals surface area contributed by atoms with Gasteiger partial charge in [0.25, 0.3) is 0 Å². The number of nitrogens with zero attached hydrogens (tertiary/aromatic N) is 4. The van der Waals surface area contributed by atoms with Gasteiger partial charge in [-0.3, -0.25) is 0 Å². The Morgan fingerprint density at radius 2 is 2.13 bits per heavy atom. The molecule has 0 unspecified atom stereocenters. The summed E-state index contributed by atoms with van der Waals surface area (Å²) in [5.41, 5.74) is 5.64. The van der Waals surface area contributed by atoms with Crippen LogP contribution in [-0.4, -0.2) is 20.2 Å². The van der Waals surface area contributed by atoms with E-state index < -0.39 is 0 Å². The van der Waals surface area contributed by atoms with Gasteiger partial charge in [0.1, 0.15) is 10.0 Å². The molecule has 0 bridgehead atoms. The van der Waals surface area contributed by atoms with Crippen LogP contribution in [-0.2, 0) is 5.75 Å². The summed E-state index contributed by atoms with van der Waals surface area (Å²) in [4.78, 5) is 8.03. The van der Waals surface area contributed by atoms with Gasteiger partial charge in [-0.2, -0.15) is 0 Å². The van der Waals surface area contributed by atoms with Crippen LogP contribution in [0, 0.1) is 0 Å². The molecule has 0 spiro atoms. The third kappa shape index (κ3) is 2.77. The third-order valence-electron chi connectivity index (χ3n) is 1.47. The fraction of sp³-hybridized carbons (Fsp3) is 0.143. The van der Waals surface area contributed by atoms with E-state index in [0.717, 1.165) is 5.01 Å². The fourth-order valence-corrected chi connectivity index (χ4v) is 2.60. The van der Waals surface area contributed by atoms with Crippen LogP contribution in [0.4, 0.5) is 5.82 Å². The predicted octanol–water partition coefficient (Wildman–Crippen LogP) is 1.86. The van der Waals surface area contributed by atoms with Crippen molar-refractivity contribution in [3.05, 3.63) is 21.9 Å². The number of nitrogen functional groups attached to an aromatic ring is 1. The van der Waals surface area contributed by atoms with Crippen molar-refractivity contribution in [2.75, 3.05) is 5.73 Å². The second kappa shape index (κ2) is 4.73. The second-order valence-electron chi connectivity index (χ2n) is 2.48. The highest BCUT2D eigenvalue weighted by Crippen LogP contribution is 2.26. The summed E-state index contributed by atoms with van der Waals surface area (Å²) in [7, 11) is 0. The summed E-state index contributed by atoms with van der Waals surface area (Å²) in [6, 6.07) is 0. The SMILES string of the molecule is Nc1nccnc1SCc1nnc(Cl)s1. The summed E-state index contributed by atoms with van der Waals surface area (Å²) in [6.07, 6.45) is 3.16. The average Bonchev–Trinajstić information content (AvgIpc) is 2.63. The highest BCUT2D eigenvalue weighted by Gasteiger charge is 2.06. The molecule has 15 heavy (non-hydrogen) atoms. The first kappa shape index (κ1) is 10.6. The maximum atomic E-state index is 5.66. The fourth-order valence-electron chi connectivity index (χ4n) is 0.869. The van der Waals surface area contributed by atoms with Gasteiger partial charge in [0.2, 0.25) is 4.47 Å². The molecule has 0 aromatic carbocycles. The Balaban J connectivity index is 2.02. The van der Waals surface area contributed by atoms with Crippen molar-refractivity contribution in [2.45, 2.75) is 10.8 Å². The molecule has 8 heteroatoms. The van der Waals surface area contributed by atoms with Crippen LogP contribution >= 0.6 is 34.7 Å². The molecule has 0 fully saturated rings. The van der Waals surface area contributed by atoms with Crippen molar-refractivity contribution < 1.29 is 0 Å². The molecule has 0 saturated carbocycles. The van der Waals surface area contributed by atoms with E-state index in [4.69, 9.17) is 17.3 Å². The Labute approximate surface area is 99.1 Å². The highest BCUT2D eigenvalue weighted by atomic mass is 35.5. The lowest BCUT2D eigenvalue weighted by atomic mass is 10.7. The first-order valence-corrected chi connectivity index (χ1v) is 6.11. The van der Waals surface area contributed by atoms with E-state index in [2.05, 4.69) is 20.2 Å². The predicted molar refractivity (Wildman–Crippen MR) is 60.9 cm³/mol. The Bertz CT molecular complexity index is 460. The zero-order chi connectivity index (χ0) is 10.7. The van der Waals surface area contributed by atoms with E-state index in [-0.39, 0.29) is 0 Å². The summed E-state index contributed by atoms with van der Waals surface area (Å²) in [5, 5.41) is 9.13. The Kier molecular flexibility index (Phi) is 3.34. The molecule has 0 aliphatic carbocycles. The molecular weight excluding hydrogens is 254 g/mol. The quantitative estimate of drug-likeness (QED) is 0.848. The first-order valence-electron chi connectivity index (χ1n) is 3.93. The number of hydrogen-bond donors (Lipinski definition) is 1. The van der Waals surface area contributed by atoms with Crippen LogP contribution in [0.2, 0.25) is 4.47 Å². The monoisotopic (exact) mass is 259 g/mol. The van der Waals surface area contributed by atoms with Crippen LogP contribution in [0.1, 0.15) is 5.01 Å². The van der Waals surface area contributed by atoms with Gasteiger partial charge < -0.3 is 5.73 Å². The number of thioether (sulfide) groups is 1. The minimum Gasteiger partial charge on any atom is -0.381 e. The van der Waals surface area contributed by atoms with Gasteiger partial charge in [-0.15, -0.1) is 10.2 Å². The number of aromatic nitrogens is 4. The van der Waals surface area contributed by atoms with Gasteiger partial charge >= 0.3 is 0 Å². The standard InChI is InChI=1S/C7H6ClN5S2/c8-7-13-12-4(15-7)3-14-6-5(9)10-1-2-11-6/h1-2H,3H2,(H2,9,10). The maximum absolute atomic E-state index is 5.66. The van der Waals surface area contributed by atoms with E-state index in [1.165, 1.54) is 23.1 Å². The number of nitrogens with two attached hydrogens (primary N) is 1. The molecule has 0 amide bonds. The topological polar surface area (TPSA) is 77.6 Å². The van der Waals surface area contributed by atoms with Crippen LogP contribution in [0.25, 0.3) is 0 Å². The summed E-state index contributed by atoms with van der Waals surface area (Å²) in [5.74, 6) is 1.07. The van der Waals surface area contributed by atoms with Crippen molar-refractivity contribution in [1.82, 2.24) is 20.2 Å². The van der Waals surface area contributed by atoms with Gasteiger partial charge in [0.05, 0.1) is 5.75 Å². The third-order valence-corrected chi connectivity index (χ3v) is 3.67. The lowest BCUT2D eigenvalue weighted by Crippen LogP contribution is -1.94. The number of hydrogen-bond acceptors (Lipinski definition) is 7. The Morgan fingerprint density at radius 1 is 1.33 bits per heavy atom. The Morgan fingerprint density at radius 3 is 2.80 bits per heavy atom. The molecule has 0 saturated heterocycles. The number of halogens is 1. The summed E-state index contributed by atoms with van der Waals surface area (Å²) < 4.78 is 0.442. The van der Waals surface area contributed by atoms with E-state index in [0.29, 0.717) is 21.1 Å². The van der Waals surface area contributed by atoms with Crippen molar-refractivity contribution in [3.8, 4) is 0 Å². The van der Waals surface area contributed by atoms with Gasteiger partial charge in [-0.1, -0.05) is 23.1 Å². The zero-order valence-corrected chi connectivity index (χ0v) is 9.81. The minimum atomic E-state index is 0.429. The van der Waals surface area contributed by atoms with Crippen LogP contribution in [0.15, 0.2) is 17.4 Å². The molecular formula is C7H6ClN5S2. The second-order valence-corrected chi connectivity index (χ2v) is 5.09. The molecule has 78 valence electrons. The van der Waals surface area contributed by atoms with Crippen molar-refractivity contribution in [1.29, 1.82) is 0 Å². The lowest BCUT2D eigenvalue weighted by Gasteiger charge is -1.99. The maximum Gasteiger partial charge on any atom is 0.207 e. The van der Waals surface area contributed by atoms with Crippen LogP contribution < -0.4 is 5.73 Å². The molecule has 0 radical (unpaired) electrons. The molecule has 0 atom stereocenters. The lowest BCUT2D eigenvalue weighted by molar-refractivity contribution is 1.03. The average molecular weight is 260 g/mol. The number of rotatable bonds is 3. The molecule has 2 N–H and O–H groups in total. The minimum absolute atomic E-state index is 0.429. The van der Waals surface area contributed by atoms with E-state index in [1.54, 1.807) is 12.4 Å². The normalized spacial score (nSPS) is 10.5. The smallest absolute Gasteiger partial charge is 0.207 e. The van der Waals surface area contributed by atoms with Crippen LogP contribution in [0.5, 0.6) is 0 Å². The van der Waals surface area contributed by atoms with Crippen molar-refractivity contribution in [3.63, 3.8) is 0 Å². The van der Waals surface area contributed by atoms with Crippen LogP contribution in [0.3, 0.4) is 0 Å². The van der Waals surface area contributed by atoms with Gasteiger partial charge in [-0.05, 0) is 11.6 Å². The largest absolute Gasteiger partial charge is 0.381 e. The van der Waals surface area contributed by atoms with Gasteiger partial charge in [0.15, 0.2) is 5.82 Å². The van der Waals surface area contributed by atoms with Gasteiger partial charge in [-0.25, -0.2) is 9.97 Å². The van der Waals surface area contributed by atoms with Gasteiger partial charge in [0, 0.05) is 12.4 Å². The molecule has 2 rings (SSSR count). The molecule has 5 nitrogen and oxygen atoms in total. The summed E-state index contributed by atoms with van der Waals surface area (Å²) >= 11 is 8.47. The Hall–Kier alpha value is -0.920. The summed E-state index contributed by atoms with van der Waals surface area (Å²) in [6.45, 7) is 0. The first-order chi connectivity index (χ1) is 7.25. The molecule has 2 aromatic heterocycles.